The molecule has 2 atom stereocenters. The lowest BCUT2D eigenvalue weighted by Crippen LogP contribution is -2.51. The normalized spacial score (nSPS) is 18.8. The molecule has 1 unspecified atom stereocenters. The summed E-state index contributed by atoms with van der Waals surface area (Å²) in [6, 6.07) is 1.88. The molecule has 1 amide bonds. The summed E-state index contributed by atoms with van der Waals surface area (Å²) < 4.78 is 4.97. The third-order valence-electron chi connectivity index (χ3n) is 3.85. The van der Waals surface area contributed by atoms with Crippen molar-refractivity contribution in [1.29, 1.82) is 0 Å². The van der Waals surface area contributed by atoms with Crippen LogP contribution in [0.3, 0.4) is 0 Å². The Kier molecular flexibility index (Phi) is 7.39. The van der Waals surface area contributed by atoms with Crippen LogP contribution in [0.15, 0.2) is 35.2 Å². The predicted octanol–water partition coefficient (Wildman–Crippen LogP) is 1.94. The van der Waals surface area contributed by atoms with Gasteiger partial charge in [0.25, 0.3) is 0 Å². The standard InChI is InChI=1S/C17H23NO5S/c19-15(9-13-5-7-23-11-13)4-3-14-10-16(20)18(14)6-1-2-8-24-12-17(21)22/h3-5,7,11,14-15,19H,1-2,6,8-10,12H2,(H,21,22)/b4-3+/t14-,15?/m0/s1. The van der Waals surface area contributed by atoms with Gasteiger partial charge >= 0.3 is 5.97 Å². The number of likely N-dealkylation sites (tertiary alicyclic amines) is 1. The van der Waals surface area contributed by atoms with Crippen LogP contribution in [0.25, 0.3) is 0 Å². The van der Waals surface area contributed by atoms with E-state index in [2.05, 4.69) is 0 Å². The molecule has 1 aromatic rings. The van der Waals surface area contributed by atoms with E-state index in [1.807, 2.05) is 17.0 Å². The van der Waals surface area contributed by atoms with Gasteiger partial charge < -0.3 is 19.5 Å². The number of thioether (sulfide) groups is 1. The quantitative estimate of drug-likeness (QED) is 0.359. The largest absolute Gasteiger partial charge is 0.481 e. The summed E-state index contributed by atoms with van der Waals surface area (Å²) in [5.74, 6) is 0.255. The summed E-state index contributed by atoms with van der Waals surface area (Å²) >= 11 is 1.40. The summed E-state index contributed by atoms with van der Waals surface area (Å²) in [4.78, 5) is 23.9. The fourth-order valence-corrected chi connectivity index (χ4v) is 3.29. The molecule has 0 aromatic carbocycles. The molecular weight excluding hydrogens is 330 g/mol. The fraction of sp³-hybridized carbons (Fsp3) is 0.529. The molecule has 1 saturated heterocycles. The maximum atomic E-state index is 11.7. The number of furan rings is 1. The molecule has 2 N–H and O–H groups in total. The molecule has 0 spiro atoms. The van der Waals surface area contributed by atoms with Crippen LogP contribution in [-0.4, -0.2) is 57.2 Å². The van der Waals surface area contributed by atoms with Crippen molar-refractivity contribution in [1.82, 2.24) is 4.90 Å². The van der Waals surface area contributed by atoms with Crippen LogP contribution < -0.4 is 0 Å². The number of hydrogen-bond acceptors (Lipinski definition) is 5. The second-order valence-electron chi connectivity index (χ2n) is 5.80. The average molecular weight is 353 g/mol. The number of aliphatic carboxylic acids is 1. The van der Waals surface area contributed by atoms with Crippen LogP contribution in [0.5, 0.6) is 0 Å². The Morgan fingerprint density at radius 1 is 1.50 bits per heavy atom. The number of unbranched alkanes of at least 4 members (excludes halogenated alkanes) is 1. The summed E-state index contributed by atoms with van der Waals surface area (Å²) in [7, 11) is 0. The average Bonchev–Trinajstić information content (AvgIpc) is 3.02. The van der Waals surface area contributed by atoms with E-state index >= 15 is 0 Å². The number of carboxylic acids is 1. The maximum absolute atomic E-state index is 11.7. The van der Waals surface area contributed by atoms with Gasteiger partial charge in [-0.15, -0.1) is 0 Å². The van der Waals surface area contributed by atoms with Crippen molar-refractivity contribution in [2.75, 3.05) is 18.1 Å². The molecule has 0 bridgehead atoms. The number of nitrogens with zero attached hydrogens (tertiary/aromatic N) is 1. The Morgan fingerprint density at radius 2 is 2.33 bits per heavy atom. The molecule has 6 nitrogen and oxygen atoms in total. The van der Waals surface area contributed by atoms with E-state index in [4.69, 9.17) is 9.52 Å². The van der Waals surface area contributed by atoms with Crippen LogP contribution in [-0.2, 0) is 16.0 Å². The first-order chi connectivity index (χ1) is 11.6. The van der Waals surface area contributed by atoms with Crippen LogP contribution in [0.2, 0.25) is 0 Å². The van der Waals surface area contributed by atoms with Gasteiger partial charge in [0.2, 0.25) is 5.91 Å². The van der Waals surface area contributed by atoms with E-state index in [-0.39, 0.29) is 17.7 Å². The maximum Gasteiger partial charge on any atom is 0.313 e. The Hall–Kier alpha value is -1.73. The number of carbonyl (C=O) groups excluding carboxylic acids is 1. The lowest BCUT2D eigenvalue weighted by atomic mass is 9.99. The van der Waals surface area contributed by atoms with Gasteiger partial charge in [-0.05, 0) is 30.2 Å². The van der Waals surface area contributed by atoms with E-state index in [1.165, 1.54) is 11.8 Å². The molecule has 0 aliphatic carbocycles. The van der Waals surface area contributed by atoms with E-state index in [0.717, 1.165) is 24.2 Å². The van der Waals surface area contributed by atoms with Crippen molar-refractivity contribution in [3.05, 3.63) is 36.3 Å². The summed E-state index contributed by atoms with van der Waals surface area (Å²) in [6.45, 7) is 0.680. The fourth-order valence-electron chi connectivity index (χ4n) is 2.56. The number of hydrogen-bond donors (Lipinski definition) is 2. The van der Waals surface area contributed by atoms with E-state index in [0.29, 0.717) is 19.4 Å². The number of aliphatic hydroxyl groups excluding tert-OH is 1. The zero-order valence-electron chi connectivity index (χ0n) is 13.5. The molecule has 0 radical (unpaired) electrons. The molecule has 24 heavy (non-hydrogen) atoms. The van der Waals surface area contributed by atoms with Gasteiger partial charge in [-0.1, -0.05) is 12.2 Å². The van der Waals surface area contributed by atoms with E-state index in [9.17, 15) is 14.7 Å². The van der Waals surface area contributed by atoms with Crippen LogP contribution >= 0.6 is 11.8 Å². The summed E-state index contributed by atoms with van der Waals surface area (Å²) in [6.07, 6.45) is 8.96. The molecule has 7 heteroatoms. The number of aliphatic hydroxyl groups is 1. The van der Waals surface area contributed by atoms with Crippen molar-refractivity contribution in [2.24, 2.45) is 0 Å². The van der Waals surface area contributed by atoms with Gasteiger partial charge in [-0.2, -0.15) is 11.8 Å². The van der Waals surface area contributed by atoms with Crippen LogP contribution in [0, 0.1) is 0 Å². The lowest BCUT2D eigenvalue weighted by Gasteiger charge is -2.39. The molecule has 0 saturated carbocycles. The zero-order valence-corrected chi connectivity index (χ0v) is 14.3. The molecule has 1 aliphatic heterocycles. The minimum atomic E-state index is -0.794. The number of β-lactam (4-membered cyclic amide) rings is 1. The van der Waals surface area contributed by atoms with E-state index < -0.39 is 12.1 Å². The molecule has 1 aliphatic rings. The summed E-state index contributed by atoms with van der Waals surface area (Å²) in [5, 5.41) is 18.5. The molecule has 1 fully saturated rings. The first-order valence-corrected chi connectivity index (χ1v) is 9.18. The van der Waals surface area contributed by atoms with Crippen molar-refractivity contribution < 1.29 is 24.2 Å². The predicted molar refractivity (Wildman–Crippen MR) is 91.9 cm³/mol. The molecule has 132 valence electrons. The molecule has 1 aromatic heterocycles. The van der Waals surface area contributed by atoms with Crippen LogP contribution in [0.4, 0.5) is 0 Å². The highest BCUT2D eigenvalue weighted by molar-refractivity contribution is 7.99. The highest BCUT2D eigenvalue weighted by Crippen LogP contribution is 2.21. The topological polar surface area (TPSA) is 91.0 Å². The molecular formula is C17H23NO5S. The summed E-state index contributed by atoms with van der Waals surface area (Å²) in [5.41, 5.74) is 0.938. The number of carboxylic acid groups (broad SMARTS) is 1. The van der Waals surface area contributed by atoms with Crippen molar-refractivity contribution in [3.63, 3.8) is 0 Å². The lowest BCUT2D eigenvalue weighted by molar-refractivity contribution is -0.143. The Bertz CT molecular complexity index is 557. The van der Waals surface area contributed by atoms with Gasteiger partial charge in [0.15, 0.2) is 0 Å². The van der Waals surface area contributed by atoms with Gasteiger partial charge in [0, 0.05) is 13.0 Å². The number of carbonyl (C=O) groups is 2. The number of amides is 1. The van der Waals surface area contributed by atoms with Gasteiger partial charge in [0.1, 0.15) is 0 Å². The first kappa shape index (κ1) is 18.6. The second-order valence-corrected chi connectivity index (χ2v) is 6.91. The molecule has 2 heterocycles. The minimum Gasteiger partial charge on any atom is -0.481 e. The Labute approximate surface area is 145 Å². The first-order valence-electron chi connectivity index (χ1n) is 8.02. The van der Waals surface area contributed by atoms with Crippen molar-refractivity contribution >= 4 is 23.6 Å². The van der Waals surface area contributed by atoms with E-state index in [1.54, 1.807) is 18.6 Å². The van der Waals surface area contributed by atoms with Crippen LogP contribution in [0.1, 0.15) is 24.8 Å². The van der Waals surface area contributed by atoms with Gasteiger partial charge in [-0.25, -0.2) is 0 Å². The highest BCUT2D eigenvalue weighted by Gasteiger charge is 2.33. The Balaban J connectivity index is 1.65. The third-order valence-corrected chi connectivity index (χ3v) is 4.88. The minimum absolute atomic E-state index is 0.0585. The smallest absolute Gasteiger partial charge is 0.313 e. The monoisotopic (exact) mass is 353 g/mol. The SMILES string of the molecule is O=C(O)CSCCCCN1C(=O)C[C@@H]1/C=C/C(O)Cc1ccoc1. The molecule has 2 rings (SSSR count). The number of rotatable bonds is 11. The zero-order chi connectivity index (χ0) is 17.4. The van der Waals surface area contributed by atoms with Crippen molar-refractivity contribution in [2.45, 2.75) is 37.8 Å². The second kappa shape index (κ2) is 9.54. The van der Waals surface area contributed by atoms with Gasteiger partial charge in [-0.3, -0.25) is 9.59 Å². The third kappa shape index (κ3) is 6.05. The van der Waals surface area contributed by atoms with Gasteiger partial charge in [0.05, 0.1) is 36.8 Å². The van der Waals surface area contributed by atoms with Crippen molar-refractivity contribution in [3.8, 4) is 0 Å². The Morgan fingerprint density at radius 3 is 3.00 bits per heavy atom. The highest BCUT2D eigenvalue weighted by atomic mass is 32.2.